The third kappa shape index (κ3) is 738. The van der Waals surface area contributed by atoms with Crippen molar-refractivity contribution in [3.05, 3.63) is 0 Å². The Morgan fingerprint density at radius 3 is 0.257 bits per heavy atom. The maximum Gasteiger partial charge on any atom is 1.00 e. The van der Waals surface area contributed by atoms with Gasteiger partial charge in [0.25, 0.3) is 0 Å². The molecule has 0 saturated heterocycles. The van der Waals surface area contributed by atoms with Crippen molar-refractivity contribution in [2.75, 3.05) is 0 Å². The SMILES string of the molecule is O=P([O-])([O-])F.O=P([O-])([O-])F.O=P([O-])([O-])F.O=P([O-])([O-])F.O=P([O-])([O-])F.[Na+].[Na+].[Na+].[Na+].[Na+].[Na+].[Na+].[Na+].[Na+].[Na+]. The van der Waals surface area contributed by atoms with Crippen LogP contribution in [0.15, 0.2) is 0 Å². The van der Waals surface area contributed by atoms with Crippen molar-refractivity contribution in [1.29, 1.82) is 0 Å². The predicted molar refractivity (Wildman–Crippen MR) is 43.6 cm³/mol. The maximum atomic E-state index is 10.1. The number of hydrogen-bond acceptors (Lipinski definition) is 15. The normalized spacial score (nSPS) is 8.43. The van der Waals surface area contributed by atoms with Gasteiger partial charge in [0.15, 0.2) is 0 Å². The second-order valence-corrected chi connectivity index (χ2v) is 6.46. The molecule has 0 spiro atoms. The van der Waals surface area contributed by atoms with E-state index in [1.165, 1.54) is 0 Å². The summed E-state index contributed by atoms with van der Waals surface area (Å²) in [7, 11) is -28.2. The molecule has 0 atom stereocenters. The van der Waals surface area contributed by atoms with Gasteiger partial charge in [0, 0.05) is 0 Å². The second-order valence-electron chi connectivity index (χ2n) is 2.15. The second kappa shape index (κ2) is 51.2. The Balaban J connectivity index is -0.0000000103. The molecule has 0 bridgehead atoms. The van der Waals surface area contributed by atoms with Gasteiger partial charge in [-0.25, -0.2) is 21.0 Å². The molecule has 0 saturated carbocycles. The molecule has 0 aromatic carbocycles. The van der Waals surface area contributed by atoms with Gasteiger partial charge in [-0.15, -0.1) is 0 Å². The average molecular weight is 720 g/mol. The number of rotatable bonds is 0. The monoisotopic (exact) mass is 720 g/mol. The van der Waals surface area contributed by atoms with E-state index in [0.717, 1.165) is 0 Å². The Kier molecular flexibility index (Phi) is 142. The Morgan fingerprint density at radius 2 is 0.257 bits per heavy atom. The summed E-state index contributed by atoms with van der Waals surface area (Å²) in [5.74, 6) is 0. The smallest absolute Gasteiger partial charge is 0.786 e. The van der Waals surface area contributed by atoms with Crippen LogP contribution >= 0.6 is 39.5 Å². The molecule has 35 heteroatoms. The molecule has 0 radical (unpaired) electrons. The third-order valence-electron chi connectivity index (χ3n) is 0. The van der Waals surface area contributed by atoms with Crippen LogP contribution in [0.2, 0.25) is 0 Å². The van der Waals surface area contributed by atoms with E-state index in [9.17, 15) is 21.0 Å². The van der Waals surface area contributed by atoms with E-state index in [1.54, 1.807) is 0 Å². The van der Waals surface area contributed by atoms with E-state index in [1.807, 2.05) is 0 Å². The van der Waals surface area contributed by atoms with Gasteiger partial charge in [-0.3, -0.25) is 0 Å². The van der Waals surface area contributed by atoms with E-state index in [-0.39, 0.29) is 296 Å². The zero-order valence-electron chi connectivity index (χ0n) is 20.2. The molecule has 0 aromatic heterocycles. The van der Waals surface area contributed by atoms with Crippen molar-refractivity contribution < 1.29 is 388 Å². The molecule has 0 unspecified atom stereocenters. The summed E-state index contributed by atoms with van der Waals surface area (Å²) in [5.41, 5.74) is 0. The zero-order chi connectivity index (χ0) is 22.5. The van der Waals surface area contributed by atoms with Gasteiger partial charge in [0.2, 0.25) is 0 Å². The summed E-state index contributed by atoms with van der Waals surface area (Å²) in [6, 6.07) is 0. The van der Waals surface area contributed by atoms with Gasteiger partial charge in [-0.05, 0) is 0 Å². The average Bonchev–Trinajstić information content (AvgIpc) is 1.79. The van der Waals surface area contributed by atoms with Crippen LogP contribution in [-0.4, -0.2) is 0 Å². The van der Waals surface area contributed by atoms with Gasteiger partial charge in [0.1, 0.15) is 39.5 Å². The third-order valence-corrected chi connectivity index (χ3v) is 0. The molecular formula is F5Na10O15P5. The van der Waals surface area contributed by atoms with E-state index < -0.39 is 39.5 Å². The van der Waals surface area contributed by atoms with Crippen molar-refractivity contribution in [3.8, 4) is 0 Å². The Morgan fingerprint density at radius 1 is 0.257 bits per heavy atom. The van der Waals surface area contributed by atoms with Crippen LogP contribution in [0.25, 0.3) is 0 Å². The first-order valence-corrected chi connectivity index (χ1v) is 10.8. The Hall–Kier alpha value is 10.4. The van der Waals surface area contributed by atoms with Crippen molar-refractivity contribution >= 4 is 39.5 Å². The fourth-order valence-electron chi connectivity index (χ4n) is 0. The van der Waals surface area contributed by atoms with Crippen LogP contribution in [0.1, 0.15) is 0 Å². The van der Waals surface area contributed by atoms with E-state index in [2.05, 4.69) is 0 Å². The quantitative estimate of drug-likeness (QED) is 0.127. The first-order chi connectivity index (χ1) is 10.0. The van der Waals surface area contributed by atoms with E-state index in [4.69, 9.17) is 71.8 Å². The topological polar surface area (TPSA) is 316 Å². The first kappa shape index (κ1) is 96.8. The fraction of sp³-hybridized carbons (Fsp3) is 0. The van der Waals surface area contributed by atoms with Crippen LogP contribution in [0.3, 0.4) is 0 Å². The molecule has 15 nitrogen and oxygen atoms in total. The van der Waals surface area contributed by atoms with E-state index in [0.29, 0.717) is 0 Å². The zero-order valence-corrected chi connectivity index (χ0v) is 44.7. The van der Waals surface area contributed by atoms with Gasteiger partial charge in [-0.1, -0.05) is 0 Å². The minimum absolute atomic E-state index is 0. The van der Waals surface area contributed by atoms with E-state index >= 15 is 0 Å². The maximum absolute atomic E-state index is 10.1. The van der Waals surface area contributed by atoms with Crippen LogP contribution < -0.4 is 345 Å². The minimum Gasteiger partial charge on any atom is -0.786 e. The standard InChI is InChI=1S/5FH2O3P.10Na/c5*1-5(2,3)4;;;;;;;;;;/h5*(H2,2,3,4);;;;;;;;;;/q;;;;;10*+1/p-10. The molecule has 160 valence electrons. The van der Waals surface area contributed by atoms with Crippen LogP contribution in [0, 0.1) is 0 Å². The summed E-state index contributed by atoms with van der Waals surface area (Å²) < 4.78 is 92.8. The summed E-state index contributed by atoms with van der Waals surface area (Å²) in [6.45, 7) is 0. The van der Waals surface area contributed by atoms with Crippen molar-refractivity contribution in [3.63, 3.8) is 0 Å². The predicted octanol–water partition coefficient (Wildman–Crippen LogP) is -36.0. The van der Waals surface area contributed by atoms with Crippen molar-refractivity contribution in [2.24, 2.45) is 0 Å². The Bertz CT molecular complexity index is 411. The van der Waals surface area contributed by atoms with Gasteiger partial charge in [-0.2, -0.15) is 0 Å². The summed E-state index contributed by atoms with van der Waals surface area (Å²) in [5, 5.41) is 0. The molecule has 0 aliphatic carbocycles. The molecule has 0 amide bonds. The number of halogens is 5. The molecule has 0 N–H and O–H groups in total. The minimum atomic E-state index is -5.64. The molecule has 0 aromatic rings. The summed E-state index contributed by atoms with van der Waals surface area (Å²) >= 11 is 0. The van der Waals surface area contributed by atoms with Gasteiger partial charge >= 0.3 is 296 Å². The summed E-state index contributed by atoms with van der Waals surface area (Å²) in [6.07, 6.45) is 0. The Labute approximate surface area is 417 Å². The molecular weight excluding hydrogens is 720 g/mol. The molecule has 0 aliphatic heterocycles. The van der Waals surface area contributed by atoms with Crippen LogP contribution in [0.4, 0.5) is 21.0 Å². The van der Waals surface area contributed by atoms with Gasteiger partial charge < -0.3 is 71.8 Å². The largest absolute Gasteiger partial charge is 1.00 e. The summed E-state index contributed by atoms with van der Waals surface area (Å²) in [4.78, 5) is 84.4. The van der Waals surface area contributed by atoms with Crippen LogP contribution in [0.5, 0.6) is 0 Å². The first-order valence-electron chi connectivity index (χ1n) is 3.58. The fourth-order valence-corrected chi connectivity index (χ4v) is 0. The molecule has 35 heavy (non-hydrogen) atoms. The van der Waals surface area contributed by atoms with Crippen molar-refractivity contribution in [1.82, 2.24) is 0 Å². The van der Waals surface area contributed by atoms with Crippen LogP contribution in [-0.2, 0) is 22.8 Å². The van der Waals surface area contributed by atoms with Crippen molar-refractivity contribution in [2.45, 2.75) is 0 Å². The number of hydrogen-bond donors (Lipinski definition) is 0. The molecule has 0 rings (SSSR count). The molecule has 0 heterocycles. The molecule has 0 fully saturated rings. The van der Waals surface area contributed by atoms with Gasteiger partial charge in [0.05, 0.1) is 0 Å². The molecule has 0 aliphatic rings.